The number of aromatic nitrogens is 1. The lowest BCUT2D eigenvalue weighted by molar-refractivity contribution is 0.520. The standard InChI is InChI=1S/C15H15N3OS/c1-9-11-5-7-20-14(11)4-6-18(9)15-17-12-3-2-10(16)8-13(12)19-15/h2-3,5,7-9H,4,6,16H2,1H3. The highest BCUT2D eigenvalue weighted by Crippen LogP contribution is 2.36. The molecule has 0 fully saturated rings. The summed E-state index contributed by atoms with van der Waals surface area (Å²) in [6.45, 7) is 3.14. The molecule has 0 amide bonds. The molecule has 1 atom stereocenters. The van der Waals surface area contributed by atoms with Crippen LogP contribution in [0, 0.1) is 0 Å². The van der Waals surface area contributed by atoms with E-state index >= 15 is 0 Å². The number of anilines is 2. The normalized spacial score (nSPS) is 18.4. The number of nitrogens with two attached hydrogens (primary N) is 1. The summed E-state index contributed by atoms with van der Waals surface area (Å²) in [7, 11) is 0. The molecule has 1 unspecified atom stereocenters. The summed E-state index contributed by atoms with van der Waals surface area (Å²) in [6, 6.07) is 8.78. The zero-order valence-corrected chi connectivity index (χ0v) is 12.0. The second-order valence-corrected chi connectivity index (χ2v) is 6.14. The third-order valence-corrected chi connectivity index (χ3v) is 4.92. The highest BCUT2D eigenvalue weighted by Gasteiger charge is 2.27. The summed E-state index contributed by atoms with van der Waals surface area (Å²) in [5.41, 5.74) is 9.49. The summed E-state index contributed by atoms with van der Waals surface area (Å²) in [5, 5.41) is 2.16. The molecular weight excluding hydrogens is 270 g/mol. The van der Waals surface area contributed by atoms with E-state index in [4.69, 9.17) is 10.2 Å². The van der Waals surface area contributed by atoms with Gasteiger partial charge >= 0.3 is 0 Å². The number of nitrogens with zero attached hydrogens (tertiary/aromatic N) is 2. The van der Waals surface area contributed by atoms with Crippen molar-refractivity contribution in [3.05, 3.63) is 40.1 Å². The quantitative estimate of drug-likeness (QED) is 0.694. The molecular formula is C15H15N3OS. The molecule has 4 rings (SSSR count). The molecule has 3 heterocycles. The van der Waals surface area contributed by atoms with Crippen LogP contribution < -0.4 is 10.6 Å². The first-order chi connectivity index (χ1) is 9.72. The minimum atomic E-state index is 0.301. The average molecular weight is 285 g/mol. The first-order valence-electron chi connectivity index (χ1n) is 6.71. The molecule has 20 heavy (non-hydrogen) atoms. The number of benzene rings is 1. The third-order valence-electron chi connectivity index (χ3n) is 3.92. The van der Waals surface area contributed by atoms with E-state index in [1.165, 1.54) is 10.4 Å². The van der Waals surface area contributed by atoms with E-state index in [1.54, 1.807) is 0 Å². The largest absolute Gasteiger partial charge is 0.423 e. The Hall–Kier alpha value is -2.01. The van der Waals surface area contributed by atoms with Crippen LogP contribution in [0.1, 0.15) is 23.4 Å². The Labute approximate surface area is 120 Å². The Morgan fingerprint density at radius 3 is 3.20 bits per heavy atom. The Balaban J connectivity index is 1.76. The van der Waals surface area contributed by atoms with Crippen LogP contribution in [0.25, 0.3) is 11.1 Å². The Kier molecular flexibility index (Phi) is 2.50. The zero-order valence-electron chi connectivity index (χ0n) is 11.2. The fourth-order valence-corrected chi connectivity index (χ4v) is 3.79. The second-order valence-electron chi connectivity index (χ2n) is 5.14. The van der Waals surface area contributed by atoms with Crippen LogP contribution in [0.4, 0.5) is 11.7 Å². The fourth-order valence-electron chi connectivity index (χ4n) is 2.82. The maximum Gasteiger partial charge on any atom is 0.298 e. The maximum atomic E-state index is 5.89. The van der Waals surface area contributed by atoms with Crippen molar-refractivity contribution < 1.29 is 4.42 Å². The van der Waals surface area contributed by atoms with Crippen LogP contribution in [-0.2, 0) is 6.42 Å². The third kappa shape index (κ3) is 1.70. The summed E-state index contributed by atoms with van der Waals surface area (Å²) in [6.07, 6.45) is 1.05. The van der Waals surface area contributed by atoms with E-state index < -0.39 is 0 Å². The van der Waals surface area contributed by atoms with Gasteiger partial charge in [-0.2, -0.15) is 4.98 Å². The van der Waals surface area contributed by atoms with Crippen molar-refractivity contribution >= 4 is 34.1 Å². The lowest BCUT2D eigenvalue weighted by Crippen LogP contribution is -2.33. The van der Waals surface area contributed by atoms with Crippen molar-refractivity contribution in [3.8, 4) is 0 Å². The van der Waals surface area contributed by atoms with Gasteiger partial charge in [-0.3, -0.25) is 0 Å². The van der Waals surface area contributed by atoms with E-state index in [-0.39, 0.29) is 0 Å². The summed E-state index contributed by atoms with van der Waals surface area (Å²) in [5.74, 6) is 0. The van der Waals surface area contributed by atoms with Gasteiger partial charge in [0.25, 0.3) is 6.01 Å². The molecule has 5 heteroatoms. The van der Waals surface area contributed by atoms with Crippen molar-refractivity contribution in [3.63, 3.8) is 0 Å². The molecule has 2 aromatic heterocycles. The first kappa shape index (κ1) is 11.8. The smallest absolute Gasteiger partial charge is 0.298 e. The molecule has 4 nitrogen and oxygen atoms in total. The lowest BCUT2D eigenvalue weighted by atomic mass is 10.0. The predicted molar refractivity (Wildman–Crippen MR) is 82.2 cm³/mol. The van der Waals surface area contributed by atoms with Crippen LogP contribution in [0.3, 0.4) is 0 Å². The molecule has 0 saturated carbocycles. The van der Waals surface area contributed by atoms with E-state index in [2.05, 4.69) is 28.3 Å². The minimum absolute atomic E-state index is 0.301. The van der Waals surface area contributed by atoms with Crippen molar-refractivity contribution in [2.75, 3.05) is 17.2 Å². The lowest BCUT2D eigenvalue weighted by Gasteiger charge is -2.32. The SMILES string of the molecule is CC1c2ccsc2CCN1c1nc2ccc(N)cc2o1. The van der Waals surface area contributed by atoms with Gasteiger partial charge < -0.3 is 15.1 Å². The minimum Gasteiger partial charge on any atom is -0.423 e. The zero-order chi connectivity index (χ0) is 13.7. The molecule has 1 aliphatic heterocycles. The van der Waals surface area contributed by atoms with Crippen LogP contribution in [0.15, 0.2) is 34.1 Å². The van der Waals surface area contributed by atoms with Crippen molar-refractivity contribution in [2.24, 2.45) is 0 Å². The number of rotatable bonds is 1. The number of hydrogen-bond acceptors (Lipinski definition) is 5. The van der Waals surface area contributed by atoms with E-state index in [0.717, 1.165) is 24.1 Å². The Bertz CT molecular complexity index is 776. The Morgan fingerprint density at radius 1 is 1.40 bits per heavy atom. The second kappa shape index (κ2) is 4.24. The molecule has 0 aliphatic carbocycles. The number of oxazole rings is 1. The van der Waals surface area contributed by atoms with E-state index in [9.17, 15) is 0 Å². The topological polar surface area (TPSA) is 55.3 Å². The molecule has 102 valence electrons. The van der Waals surface area contributed by atoms with Gasteiger partial charge in [-0.15, -0.1) is 11.3 Å². The number of nitrogen functional groups attached to an aromatic ring is 1. The Morgan fingerprint density at radius 2 is 2.30 bits per heavy atom. The highest BCUT2D eigenvalue weighted by molar-refractivity contribution is 7.10. The molecule has 1 aromatic carbocycles. The summed E-state index contributed by atoms with van der Waals surface area (Å²) in [4.78, 5) is 8.30. The van der Waals surface area contributed by atoms with Gasteiger partial charge in [-0.25, -0.2) is 0 Å². The van der Waals surface area contributed by atoms with Crippen LogP contribution in [0.2, 0.25) is 0 Å². The molecule has 0 spiro atoms. The number of hydrogen-bond donors (Lipinski definition) is 1. The number of thiophene rings is 1. The van der Waals surface area contributed by atoms with Gasteiger partial charge in [0.2, 0.25) is 0 Å². The molecule has 0 bridgehead atoms. The van der Waals surface area contributed by atoms with Gasteiger partial charge in [0, 0.05) is 23.2 Å². The van der Waals surface area contributed by atoms with E-state index in [0.29, 0.717) is 17.7 Å². The van der Waals surface area contributed by atoms with Gasteiger partial charge in [0.05, 0.1) is 6.04 Å². The number of fused-ring (bicyclic) bond motifs is 2. The summed E-state index contributed by atoms with van der Waals surface area (Å²) >= 11 is 1.84. The predicted octanol–water partition coefficient (Wildman–Crippen LogP) is 3.60. The fraction of sp³-hybridized carbons (Fsp3) is 0.267. The van der Waals surface area contributed by atoms with Crippen molar-refractivity contribution in [2.45, 2.75) is 19.4 Å². The molecule has 1 aliphatic rings. The van der Waals surface area contributed by atoms with Gasteiger partial charge in [-0.05, 0) is 42.5 Å². The van der Waals surface area contributed by atoms with Crippen LogP contribution in [-0.4, -0.2) is 11.5 Å². The van der Waals surface area contributed by atoms with Gasteiger partial charge in [0.1, 0.15) is 5.52 Å². The molecule has 0 radical (unpaired) electrons. The molecule has 3 aromatic rings. The van der Waals surface area contributed by atoms with Crippen molar-refractivity contribution in [1.29, 1.82) is 0 Å². The molecule has 2 N–H and O–H groups in total. The van der Waals surface area contributed by atoms with Gasteiger partial charge in [0.15, 0.2) is 5.58 Å². The highest BCUT2D eigenvalue weighted by atomic mass is 32.1. The average Bonchev–Trinajstić information content (AvgIpc) is 3.04. The monoisotopic (exact) mass is 285 g/mol. The summed E-state index contributed by atoms with van der Waals surface area (Å²) < 4.78 is 5.89. The molecule has 0 saturated heterocycles. The van der Waals surface area contributed by atoms with Crippen molar-refractivity contribution in [1.82, 2.24) is 4.98 Å². The maximum absolute atomic E-state index is 5.89. The van der Waals surface area contributed by atoms with E-state index in [1.807, 2.05) is 29.5 Å². The van der Waals surface area contributed by atoms with Crippen LogP contribution in [0.5, 0.6) is 0 Å². The van der Waals surface area contributed by atoms with Gasteiger partial charge in [-0.1, -0.05) is 0 Å². The van der Waals surface area contributed by atoms with Crippen LogP contribution >= 0.6 is 11.3 Å². The first-order valence-corrected chi connectivity index (χ1v) is 7.59.